The average molecular weight is 416 g/mol. The Bertz CT molecular complexity index is 616. The molecule has 0 spiro atoms. The Morgan fingerprint density at radius 3 is 2.21 bits per heavy atom. The van der Waals surface area contributed by atoms with Crippen molar-refractivity contribution in [1.29, 1.82) is 0 Å². The molecular formula is C19H28O10. The SMILES string of the molecule is O[C@@H]1[C@@H](O)[C@H](OCCc2ccccc2)O[C@H](CO[C@@H]2OC[C@H](O)[C@H](O)[C@H]2O)[C@H]1O. The van der Waals surface area contributed by atoms with Crippen LogP contribution in [0, 0.1) is 0 Å². The molecule has 0 amide bonds. The first-order valence-electron chi connectivity index (χ1n) is 9.51. The molecule has 10 nitrogen and oxygen atoms in total. The highest BCUT2D eigenvalue weighted by atomic mass is 16.7. The Morgan fingerprint density at radius 2 is 1.48 bits per heavy atom. The molecule has 10 heteroatoms. The molecule has 3 rings (SSSR count). The molecule has 1 aromatic rings. The van der Waals surface area contributed by atoms with Gasteiger partial charge < -0.3 is 49.6 Å². The van der Waals surface area contributed by atoms with Crippen LogP contribution in [-0.4, -0.2) is 106 Å². The third-order valence-electron chi connectivity index (χ3n) is 5.06. The van der Waals surface area contributed by atoms with E-state index in [0.717, 1.165) is 5.56 Å². The topological polar surface area (TPSA) is 158 Å². The molecule has 0 radical (unpaired) electrons. The standard InChI is InChI=1S/C19H28O10/c20-11-8-27-18(16(24)13(11)21)28-9-12-14(22)15(23)17(25)19(29-12)26-7-6-10-4-2-1-3-5-10/h1-5,11-25H,6-9H2/t11-,12+,13-,14+,15-,16+,17+,18-,19+/m0/s1. The summed E-state index contributed by atoms with van der Waals surface area (Å²) in [5.74, 6) is 0. The van der Waals surface area contributed by atoms with Crippen LogP contribution >= 0.6 is 0 Å². The van der Waals surface area contributed by atoms with E-state index in [9.17, 15) is 30.6 Å². The summed E-state index contributed by atoms with van der Waals surface area (Å²) in [6.07, 6.45) is -11.5. The van der Waals surface area contributed by atoms with Crippen molar-refractivity contribution < 1.29 is 49.6 Å². The molecule has 0 bridgehead atoms. The summed E-state index contributed by atoms with van der Waals surface area (Å²) < 4.78 is 21.6. The molecule has 2 fully saturated rings. The average Bonchev–Trinajstić information content (AvgIpc) is 2.73. The van der Waals surface area contributed by atoms with Crippen LogP contribution in [0.2, 0.25) is 0 Å². The van der Waals surface area contributed by atoms with Crippen LogP contribution in [0.3, 0.4) is 0 Å². The van der Waals surface area contributed by atoms with Gasteiger partial charge in [0.15, 0.2) is 12.6 Å². The van der Waals surface area contributed by atoms with E-state index in [2.05, 4.69) is 0 Å². The molecule has 164 valence electrons. The van der Waals surface area contributed by atoms with E-state index in [1.54, 1.807) is 0 Å². The number of rotatable bonds is 7. The van der Waals surface area contributed by atoms with Crippen LogP contribution < -0.4 is 0 Å². The smallest absolute Gasteiger partial charge is 0.186 e. The summed E-state index contributed by atoms with van der Waals surface area (Å²) in [5, 5.41) is 59.4. The van der Waals surface area contributed by atoms with Gasteiger partial charge in [0.1, 0.15) is 42.7 Å². The molecular weight excluding hydrogens is 388 g/mol. The predicted octanol–water partition coefficient (Wildman–Crippen LogP) is -2.49. The summed E-state index contributed by atoms with van der Waals surface area (Å²) >= 11 is 0. The molecule has 2 saturated heterocycles. The highest BCUT2D eigenvalue weighted by Crippen LogP contribution is 2.24. The zero-order valence-corrected chi connectivity index (χ0v) is 15.7. The van der Waals surface area contributed by atoms with Crippen LogP contribution in [0.4, 0.5) is 0 Å². The lowest BCUT2D eigenvalue weighted by molar-refractivity contribution is -0.320. The van der Waals surface area contributed by atoms with Gasteiger partial charge in [-0.05, 0) is 12.0 Å². The Morgan fingerprint density at radius 1 is 0.793 bits per heavy atom. The van der Waals surface area contributed by atoms with Gasteiger partial charge in [0.05, 0.1) is 19.8 Å². The maximum absolute atomic E-state index is 10.2. The second kappa shape index (κ2) is 10.2. The number of hydrogen-bond donors (Lipinski definition) is 6. The van der Waals surface area contributed by atoms with Crippen molar-refractivity contribution in [2.24, 2.45) is 0 Å². The number of aliphatic hydroxyl groups excluding tert-OH is 6. The molecule has 0 saturated carbocycles. The Kier molecular flexibility index (Phi) is 7.93. The summed E-state index contributed by atoms with van der Waals surface area (Å²) in [6.45, 7) is -0.325. The van der Waals surface area contributed by atoms with E-state index < -0.39 is 55.3 Å². The first-order valence-corrected chi connectivity index (χ1v) is 9.51. The highest BCUT2D eigenvalue weighted by Gasteiger charge is 2.45. The minimum atomic E-state index is -1.52. The molecule has 2 aliphatic rings. The molecule has 6 N–H and O–H groups in total. The largest absolute Gasteiger partial charge is 0.388 e. The Balaban J connectivity index is 1.51. The lowest BCUT2D eigenvalue weighted by Gasteiger charge is -2.41. The van der Waals surface area contributed by atoms with Gasteiger partial charge in [-0.25, -0.2) is 0 Å². The van der Waals surface area contributed by atoms with E-state index >= 15 is 0 Å². The minimum absolute atomic E-state index is 0.219. The van der Waals surface area contributed by atoms with Gasteiger partial charge >= 0.3 is 0 Å². The Hall–Kier alpha value is -1.18. The molecule has 9 atom stereocenters. The van der Waals surface area contributed by atoms with Gasteiger partial charge in [-0.3, -0.25) is 0 Å². The van der Waals surface area contributed by atoms with E-state index in [1.807, 2.05) is 30.3 Å². The fraction of sp³-hybridized carbons (Fsp3) is 0.684. The third kappa shape index (κ3) is 5.50. The van der Waals surface area contributed by atoms with Crippen molar-refractivity contribution in [3.63, 3.8) is 0 Å². The first-order chi connectivity index (χ1) is 13.9. The van der Waals surface area contributed by atoms with Gasteiger partial charge in [0.2, 0.25) is 0 Å². The summed E-state index contributed by atoms with van der Waals surface area (Å²) in [7, 11) is 0. The van der Waals surface area contributed by atoms with Gasteiger partial charge in [-0.2, -0.15) is 0 Å². The predicted molar refractivity (Wildman–Crippen MR) is 96.5 cm³/mol. The van der Waals surface area contributed by atoms with Crippen molar-refractivity contribution in [1.82, 2.24) is 0 Å². The zero-order chi connectivity index (χ0) is 21.0. The third-order valence-corrected chi connectivity index (χ3v) is 5.06. The Labute approximate surface area is 167 Å². The number of hydrogen-bond acceptors (Lipinski definition) is 10. The van der Waals surface area contributed by atoms with Gasteiger partial charge in [-0.1, -0.05) is 30.3 Å². The molecule has 0 aromatic heterocycles. The van der Waals surface area contributed by atoms with Crippen LogP contribution in [-0.2, 0) is 25.4 Å². The maximum Gasteiger partial charge on any atom is 0.186 e. The molecule has 0 unspecified atom stereocenters. The van der Waals surface area contributed by atoms with Crippen molar-refractivity contribution in [2.45, 2.75) is 61.7 Å². The van der Waals surface area contributed by atoms with Crippen molar-refractivity contribution >= 4 is 0 Å². The van der Waals surface area contributed by atoms with E-state index in [1.165, 1.54) is 0 Å². The summed E-state index contributed by atoms with van der Waals surface area (Å²) in [4.78, 5) is 0. The normalized spacial score (nSPS) is 40.7. The maximum atomic E-state index is 10.2. The van der Waals surface area contributed by atoms with Crippen LogP contribution in [0.25, 0.3) is 0 Å². The van der Waals surface area contributed by atoms with Gasteiger partial charge in [0, 0.05) is 0 Å². The van der Waals surface area contributed by atoms with E-state index in [4.69, 9.17) is 18.9 Å². The molecule has 2 heterocycles. The first kappa shape index (κ1) is 22.5. The second-order valence-corrected chi connectivity index (χ2v) is 7.20. The molecule has 2 aliphatic heterocycles. The number of benzene rings is 1. The van der Waals surface area contributed by atoms with E-state index in [0.29, 0.717) is 6.42 Å². The second-order valence-electron chi connectivity index (χ2n) is 7.20. The van der Waals surface area contributed by atoms with Crippen LogP contribution in [0.5, 0.6) is 0 Å². The quantitative estimate of drug-likeness (QED) is 0.281. The molecule has 29 heavy (non-hydrogen) atoms. The van der Waals surface area contributed by atoms with E-state index in [-0.39, 0.29) is 19.8 Å². The van der Waals surface area contributed by atoms with Gasteiger partial charge in [-0.15, -0.1) is 0 Å². The fourth-order valence-corrected chi connectivity index (χ4v) is 3.25. The lowest BCUT2D eigenvalue weighted by Crippen LogP contribution is -2.60. The number of aliphatic hydroxyl groups is 6. The van der Waals surface area contributed by atoms with Crippen molar-refractivity contribution in [2.75, 3.05) is 19.8 Å². The minimum Gasteiger partial charge on any atom is -0.388 e. The van der Waals surface area contributed by atoms with Gasteiger partial charge in [0.25, 0.3) is 0 Å². The lowest BCUT2D eigenvalue weighted by atomic mass is 9.99. The van der Waals surface area contributed by atoms with Crippen LogP contribution in [0.1, 0.15) is 5.56 Å². The molecule has 1 aromatic carbocycles. The van der Waals surface area contributed by atoms with Crippen molar-refractivity contribution in [3.8, 4) is 0 Å². The zero-order valence-electron chi connectivity index (χ0n) is 15.7. The monoisotopic (exact) mass is 416 g/mol. The van der Waals surface area contributed by atoms with Crippen molar-refractivity contribution in [3.05, 3.63) is 35.9 Å². The molecule has 0 aliphatic carbocycles. The number of ether oxygens (including phenoxy) is 4. The summed E-state index contributed by atoms with van der Waals surface area (Å²) in [6, 6.07) is 9.54. The highest BCUT2D eigenvalue weighted by molar-refractivity contribution is 5.14. The fourth-order valence-electron chi connectivity index (χ4n) is 3.25. The summed E-state index contributed by atoms with van der Waals surface area (Å²) in [5.41, 5.74) is 1.03. The van der Waals surface area contributed by atoms with Crippen LogP contribution in [0.15, 0.2) is 30.3 Å².